The van der Waals surface area contributed by atoms with Crippen molar-refractivity contribution in [1.82, 2.24) is 9.97 Å². The number of para-hydroxylation sites is 2. The zero-order valence-electron chi connectivity index (χ0n) is 15.4. The standard InChI is InChI=1S/C22H25N3S/c1-14(2)15-9-7-10-16-17(8-5-6-13-23)21(25-20(15)16)22-24-18-11-3-4-12-19(18)26-22/h3-4,7,9-12,14,25H,5-6,8,13,23H2,1-2H3. The Kier molecular flexibility index (Phi) is 4.79. The number of aromatic nitrogens is 2. The molecule has 4 heteroatoms. The molecule has 3 N–H and O–H groups in total. The van der Waals surface area contributed by atoms with Crippen molar-refractivity contribution in [2.45, 2.75) is 39.0 Å². The molecule has 3 nitrogen and oxygen atoms in total. The van der Waals surface area contributed by atoms with Crippen LogP contribution in [-0.2, 0) is 6.42 Å². The molecule has 0 radical (unpaired) electrons. The quantitative estimate of drug-likeness (QED) is 0.422. The molecule has 134 valence electrons. The zero-order chi connectivity index (χ0) is 18.1. The van der Waals surface area contributed by atoms with Crippen LogP contribution in [0.25, 0.3) is 31.8 Å². The highest BCUT2D eigenvalue weighted by atomic mass is 32.1. The monoisotopic (exact) mass is 363 g/mol. The second kappa shape index (κ2) is 7.22. The number of aryl methyl sites for hydroxylation is 1. The molecule has 0 atom stereocenters. The van der Waals surface area contributed by atoms with Gasteiger partial charge in [0.25, 0.3) is 0 Å². The van der Waals surface area contributed by atoms with Gasteiger partial charge in [0, 0.05) is 10.9 Å². The Morgan fingerprint density at radius 2 is 1.92 bits per heavy atom. The Labute approximate surface area is 158 Å². The highest BCUT2D eigenvalue weighted by Crippen LogP contribution is 2.38. The topological polar surface area (TPSA) is 54.7 Å². The summed E-state index contributed by atoms with van der Waals surface area (Å²) in [5, 5.41) is 2.42. The second-order valence-corrected chi connectivity index (χ2v) is 8.17. The lowest BCUT2D eigenvalue weighted by Crippen LogP contribution is -1.99. The fraction of sp³-hybridized carbons (Fsp3) is 0.318. The molecule has 0 unspecified atom stereocenters. The smallest absolute Gasteiger partial charge is 0.141 e. The molecule has 0 saturated carbocycles. The molecule has 2 heterocycles. The highest BCUT2D eigenvalue weighted by molar-refractivity contribution is 7.21. The average Bonchev–Trinajstić information content (AvgIpc) is 3.23. The SMILES string of the molecule is CC(C)c1cccc2c(CCCCN)c(-c3nc4ccccc4s3)[nH]c12. The van der Waals surface area contributed by atoms with Crippen molar-refractivity contribution in [2.75, 3.05) is 6.54 Å². The van der Waals surface area contributed by atoms with Crippen molar-refractivity contribution in [3.8, 4) is 10.7 Å². The van der Waals surface area contributed by atoms with E-state index in [1.165, 1.54) is 32.4 Å². The van der Waals surface area contributed by atoms with Crippen LogP contribution in [0.15, 0.2) is 42.5 Å². The molecule has 4 rings (SSSR count). The number of nitrogens with one attached hydrogen (secondary N) is 1. The first-order valence-electron chi connectivity index (χ1n) is 9.38. The van der Waals surface area contributed by atoms with Gasteiger partial charge in [0.1, 0.15) is 5.01 Å². The number of benzene rings is 2. The number of hydrogen-bond acceptors (Lipinski definition) is 3. The van der Waals surface area contributed by atoms with Gasteiger partial charge in [-0.2, -0.15) is 0 Å². The summed E-state index contributed by atoms with van der Waals surface area (Å²) in [6.45, 7) is 5.25. The molecule has 0 aliphatic carbocycles. The molecule has 0 aliphatic heterocycles. The Morgan fingerprint density at radius 3 is 2.69 bits per heavy atom. The van der Waals surface area contributed by atoms with Crippen molar-refractivity contribution in [1.29, 1.82) is 0 Å². The largest absolute Gasteiger partial charge is 0.352 e. The molecule has 0 saturated heterocycles. The fourth-order valence-corrected chi connectivity index (χ4v) is 4.64. The number of fused-ring (bicyclic) bond motifs is 2. The lowest BCUT2D eigenvalue weighted by atomic mass is 9.98. The number of nitrogens with two attached hydrogens (primary N) is 1. The highest BCUT2D eigenvalue weighted by Gasteiger charge is 2.18. The van der Waals surface area contributed by atoms with Gasteiger partial charge in [0.15, 0.2) is 0 Å². The number of aromatic amines is 1. The van der Waals surface area contributed by atoms with Crippen molar-refractivity contribution >= 4 is 32.5 Å². The summed E-state index contributed by atoms with van der Waals surface area (Å²) in [5.41, 5.74) is 12.0. The van der Waals surface area contributed by atoms with Crippen molar-refractivity contribution in [2.24, 2.45) is 5.73 Å². The maximum atomic E-state index is 5.73. The van der Waals surface area contributed by atoms with Crippen molar-refractivity contribution < 1.29 is 0 Å². The Bertz CT molecular complexity index is 1010. The zero-order valence-corrected chi connectivity index (χ0v) is 16.2. The van der Waals surface area contributed by atoms with E-state index in [-0.39, 0.29) is 0 Å². The van der Waals surface area contributed by atoms with Crippen LogP contribution in [0.5, 0.6) is 0 Å². The summed E-state index contributed by atoms with van der Waals surface area (Å²) in [4.78, 5) is 8.64. The molecule has 0 fully saturated rings. The van der Waals surface area contributed by atoms with Crippen LogP contribution in [0.2, 0.25) is 0 Å². The minimum absolute atomic E-state index is 0.484. The van der Waals surface area contributed by atoms with E-state index in [2.05, 4.69) is 61.3 Å². The normalized spacial score (nSPS) is 11.8. The number of hydrogen-bond donors (Lipinski definition) is 2. The van der Waals surface area contributed by atoms with Gasteiger partial charge in [-0.25, -0.2) is 4.98 Å². The number of rotatable bonds is 6. The summed E-state index contributed by atoms with van der Waals surface area (Å²) in [5.74, 6) is 0.484. The van der Waals surface area contributed by atoms with Crippen LogP contribution >= 0.6 is 11.3 Å². The van der Waals surface area contributed by atoms with Gasteiger partial charge in [-0.15, -0.1) is 11.3 Å². The van der Waals surface area contributed by atoms with Crippen LogP contribution in [0.4, 0.5) is 0 Å². The molecule has 0 bridgehead atoms. The summed E-state index contributed by atoms with van der Waals surface area (Å²) >= 11 is 1.77. The lowest BCUT2D eigenvalue weighted by Gasteiger charge is -2.07. The molecular formula is C22H25N3S. The molecule has 0 amide bonds. The molecule has 4 aromatic rings. The Morgan fingerprint density at radius 1 is 1.08 bits per heavy atom. The van der Waals surface area contributed by atoms with E-state index in [0.717, 1.165) is 36.3 Å². The number of H-pyrrole nitrogens is 1. The molecular weight excluding hydrogens is 338 g/mol. The Hall–Kier alpha value is -2.17. The molecule has 26 heavy (non-hydrogen) atoms. The first kappa shape index (κ1) is 17.3. The number of nitrogens with zero attached hydrogens (tertiary/aromatic N) is 1. The van der Waals surface area contributed by atoms with Crippen molar-refractivity contribution in [3.05, 3.63) is 53.6 Å². The van der Waals surface area contributed by atoms with E-state index in [4.69, 9.17) is 10.7 Å². The first-order chi connectivity index (χ1) is 12.7. The average molecular weight is 364 g/mol. The second-order valence-electron chi connectivity index (χ2n) is 7.14. The van der Waals surface area contributed by atoms with Crippen molar-refractivity contribution in [3.63, 3.8) is 0 Å². The lowest BCUT2D eigenvalue weighted by molar-refractivity contribution is 0.748. The van der Waals surface area contributed by atoms with E-state index in [9.17, 15) is 0 Å². The minimum atomic E-state index is 0.484. The van der Waals surface area contributed by atoms with Gasteiger partial charge in [0.05, 0.1) is 15.9 Å². The van der Waals surface area contributed by atoms with Gasteiger partial charge < -0.3 is 10.7 Å². The third-order valence-electron chi connectivity index (χ3n) is 4.98. The maximum Gasteiger partial charge on any atom is 0.141 e. The summed E-state index contributed by atoms with van der Waals surface area (Å²) in [6, 6.07) is 15.0. The van der Waals surface area contributed by atoms with Crippen LogP contribution < -0.4 is 5.73 Å². The first-order valence-corrected chi connectivity index (χ1v) is 10.2. The summed E-state index contributed by atoms with van der Waals surface area (Å²) in [6.07, 6.45) is 3.19. The molecule has 0 spiro atoms. The third kappa shape index (κ3) is 3.04. The predicted molar refractivity (Wildman–Crippen MR) is 113 cm³/mol. The van der Waals surface area contributed by atoms with Crippen LogP contribution in [-0.4, -0.2) is 16.5 Å². The number of unbranched alkanes of at least 4 members (excludes halogenated alkanes) is 1. The van der Waals surface area contributed by atoms with Gasteiger partial charge in [0.2, 0.25) is 0 Å². The van der Waals surface area contributed by atoms with E-state index in [0.29, 0.717) is 5.92 Å². The van der Waals surface area contributed by atoms with E-state index < -0.39 is 0 Å². The van der Waals surface area contributed by atoms with E-state index >= 15 is 0 Å². The van der Waals surface area contributed by atoms with Crippen LogP contribution in [0.1, 0.15) is 43.7 Å². The summed E-state index contributed by atoms with van der Waals surface area (Å²) < 4.78 is 1.23. The molecule has 2 aromatic carbocycles. The van der Waals surface area contributed by atoms with Crippen LogP contribution in [0.3, 0.4) is 0 Å². The van der Waals surface area contributed by atoms with Gasteiger partial charge in [-0.05, 0) is 55.0 Å². The Balaban J connectivity index is 1.91. The van der Waals surface area contributed by atoms with E-state index in [1.807, 2.05) is 0 Å². The summed E-state index contributed by atoms with van der Waals surface area (Å²) in [7, 11) is 0. The fourth-order valence-electron chi connectivity index (χ4n) is 3.64. The third-order valence-corrected chi connectivity index (χ3v) is 6.04. The van der Waals surface area contributed by atoms with Gasteiger partial charge in [-0.3, -0.25) is 0 Å². The van der Waals surface area contributed by atoms with E-state index in [1.54, 1.807) is 11.3 Å². The van der Waals surface area contributed by atoms with Gasteiger partial charge in [-0.1, -0.05) is 44.2 Å². The molecule has 2 aromatic heterocycles. The van der Waals surface area contributed by atoms with Gasteiger partial charge >= 0.3 is 0 Å². The van der Waals surface area contributed by atoms with Crippen LogP contribution in [0, 0.1) is 0 Å². The minimum Gasteiger partial charge on any atom is -0.352 e. The number of thiazole rings is 1. The predicted octanol–water partition coefficient (Wildman–Crippen LogP) is 5.85. The maximum absolute atomic E-state index is 5.73. The molecule has 0 aliphatic rings.